The SMILES string of the molecule is CC(C)(C)OC(=O)C(=N)[C@@H]1CCCN1. The first kappa shape index (κ1) is 11.2. The predicted molar refractivity (Wildman–Crippen MR) is 54.6 cm³/mol. The number of carbonyl (C=O) groups excluding carboxylic acids is 1. The molecule has 0 saturated carbocycles. The summed E-state index contributed by atoms with van der Waals surface area (Å²) in [6.45, 7) is 6.30. The third-order valence-electron chi connectivity index (χ3n) is 2.03. The van der Waals surface area contributed by atoms with E-state index >= 15 is 0 Å². The van der Waals surface area contributed by atoms with Crippen LogP contribution in [-0.4, -0.2) is 29.9 Å². The van der Waals surface area contributed by atoms with Crippen LogP contribution in [-0.2, 0) is 9.53 Å². The molecule has 0 aromatic carbocycles. The van der Waals surface area contributed by atoms with E-state index in [2.05, 4.69) is 5.32 Å². The first-order valence-electron chi connectivity index (χ1n) is 4.95. The zero-order valence-corrected chi connectivity index (χ0v) is 9.02. The molecule has 0 unspecified atom stereocenters. The van der Waals surface area contributed by atoms with Gasteiger partial charge in [-0.2, -0.15) is 0 Å². The molecule has 1 heterocycles. The topological polar surface area (TPSA) is 62.2 Å². The fourth-order valence-corrected chi connectivity index (χ4v) is 1.41. The molecule has 0 amide bonds. The van der Waals surface area contributed by atoms with Crippen molar-refractivity contribution >= 4 is 11.7 Å². The molecule has 0 aliphatic carbocycles. The summed E-state index contributed by atoms with van der Waals surface area (Å²) >= 11 is 0. The van der Waals surface area contributed by atoms with Gasteiger partial charge in [0.2, 0.25) is 0 Å². The zero-order valence-electron chi connectivity index (χ0n) is 9.02. The van der Waals surface area contributed by atoms with Crippen LogP contribution in [0.2, 0.25) is 0 Å². The molecule has 80 valence electrons. The van der Waals surface area contributed by atoms with Crippen molar-refractivity contribution in [3.8, 4) is 0 Å². The lowest BCUT2D eigenvalue weighted by molar-refractivity contribution is -0.146. The number of nitrogens with one attached hydrogen (secondary N) is 2. The van der Waals surface area contributed by atoms with E-state index in [1.165, 1.54) is 0 Å². The average Bonchev–Trinajstić information content (AvgIpc) is 2.51. The first-order chi connectivity index (χ1) is 6.40. The number of carbonyl (C=O) groups is 1. The molecule has 1 atom stereocenters. The molecule has 0 aromatic heterocycles. The average molecular weight is 198 g/mol. The van der Waals surface area contributed by atoms with Gasteiger partial charge in [-0.1, -0.05) is 0 Å². The molecule has 1 saturated heterocycles. The predicted octanol–water partition coefficient (Wildman–Crippen LogP) is 1.10. The number of hydrogen-bond acceptors (Lipinski definition) is 4. The lowest BCUT2D eigenvalue weighted by Crippen LogP contribution is -2.39. The van der Waals surface area contributed by atoms with Gasteiger partial charge in [-0.25, -0.2) is 4.79 Å². The molecule has 1 rings (SSSR count). The summed E-state index contributed by atoms with van der Waals surface area (Å²) in [4.78, 5) is 11.5. The molecule has 1 fully saturated rings. The molecule has 0 radical (unpaired) electrons. The maximum Gasteiger partial charge on any atom is 0.354 e. The van der Waals surface area contributed by atoms with E-state index < -0.39 is 11.6 Å². The second-order valence-electron chi connectivity index (χ2n) is 4.56. The van der Waals surface area contributed by atoms with E-state index in [0.717, 1.165) is 19.4 Å². The molecule has 4 heteroatoms. The van der Waals surface area contributed by atoms with Crippen molar-refractivity contribution in [1.82, 2.24) is 5.32 Å². The number of ether oxygens (including phenoxy) is 1. The zero-order chi connectivity index (χ0) is 10.8. The van der Waals surface area contributed by atoms with E-state index in [0.29, 0.717) is 0 Å². The second kappa shape index (κ2) is 4.09. The quantitative estimate of drug-likeness (QED) is 0.516. The highest BCUT2D eigenvalue weighted by Crippen LogP contribution is 2.11. The van der Waals surface area contributed by atoms with E-state index in [9.17, 15) is 4.79 Å². The minimum absolute atomic E-state index is 0.0532. The van der Waals surface area contributed by atoms with Gasteiger partial charge in [-0.15, -0.1) is 0 Å². The lowest BCUT2D eigenvalue weighted by Gasteiger charge is -2.21. The number of esters is 1. The lowest BCUT2D eigenvalue weighted by atomic mass is 10.1. The van der Waals surface area contributed by atoms with Gasteiger partial charge in [0.25, 0.3) is 0 Å². The Balaban J connectivity index is 2.48. The summed E-state index contributed by atoms with van der Waals surface area (Å²) in [5, 5.41) is 10.7. The van der Waals surface area contributed by atoms with Crippen molar-refractivity contribution in [2.24, 2.45) is 0 Å². The fraction of sp³-hybridized carbons (Fsp3) is 0.800. The van der Waals surface area contributed by atoms with Gasteiger partial charge in [-0.05, 0) is 40.2 Å². The maximum atomic E-state index is 11.5. The van der Waals surface area contributed by atoms with Gasteiger partial charge in [0.15, 0.2) is 0 Å². The summed E-state index contributed by atoms with van der Waals surface area (Å²) < 4.78 is 5.11. The summed E-state index contributed by atoms with van der Waals surface area (Å²) in [5.41, 5.74) is -0.459. The van der Waals surface area contributed by atoms with Crippen molar-refractivity contribution in [3.05, 3.63) is 0 Å². The molecule has 0 spiro atoms. The summed E-state index contributed by atoms with van der Waals surface area (Å²) in [5.74, 6) is -0.503. The van der Waals surface area contributed by atoms with Crippen molar-refractivity contribution in [3.63, 3.8) is 0 Å². The molecule has 1 aliphatic rings. The van der Waals surface area contributed by atoms with Crippen LogP contribution in [0.4, 0.5) is 0 Å². The van der Waals surface area contributed by atoms with Gasteiger partial charge in [0, 0.05) is 0 Å². The standard InChI is InChI=1S/C10H18N2O2/c1-10(2,3)14-9(13)8(11)7-5-4-6-12-7/h7,11-12H,4-6H2,1-3H3/t7-/m0/s1. The van der Waals surface area contributed by atoms with Crippen LogP contribution < -0.4 is 5.32 Å². The molecule has 0 bridgehead atoms. The van der Waals surface area contributed by atoms with Crippen molar-refractivity contribution in [2.75, 3.05) is 6.54 Å². The number of hydrogen-bond donors (Lipinski definition) is 2. The number of rotatable bonds is 2. The van der Waals surface area contributed by atoms with Crippen LogP contribution in [0.5, 0.6) is 0 Å². The van der Waals surface area contributed by atoms with Crippen LogP contribution in [0.1, 0.15) is 33.6 Å². The van der Waals surface area contributed by atoms with Crippen molar-refractivity contribution in [1.29, 1.82) is 5.41 Å². The minimum atomic E-state index is -0.512. The Labute approximate surface area is 84.5 Å². The van der Waals surface area contributed by atoms with Gasteiger partial charge in [0.1, 0.15) is 11.3 Å². The minimum Gasteiger partial charge on any atom is -0.455 e. The van der Waals surface area contributed by atoms with Crippen LogP contribution >= 0.6 is 0 Å². The molecular weight excluding hydrogens is 180 g/mol. The van der Waals surface area contributed by atoms with Gasteiger partial charge >= 0.3 is 5.97 Å². The Bertz CT molecular complexity index is 237. The molecular formula is C10H18N2O2. The van der Waals surface area contributed by atoms with Gasteiger partial charge in [0.05, 0.1) is 6.04 Å². The van der Waals surface area contributed by atoms with E-state index in [-0.39, 0.29) is 11.8 Å². The normalized spacial score (nSPS) is 22.1. The molecule has 2 N–H and O–H groups in total. The van der Waals surface area contributed by atoms with E-state index in [1.54, 1.807) is 20.8 Å². The highest BCUT2D eigenvalue weighted by Gasteiger charge is 2.27. The van der Waals surface area contributed by atoms with Crippen LogP contribution in [0, 0.1) is 5.41 Å². The molecule has 14 heavy (non-hydrogen) atoms. The molecule has 0 aromatic rings. The fourth-order valence-electron chi connectivity index (χ4n) is 1.41. The summed E-state index contributed by atoms with van der Waals surface area (Å²) in [7, 11) is 0. The highest BCUT2D eigenvalue weighted by atomic mass is 16.6. The summed E-state index contributed by atoms with van der Waals surface area (Å²) in [6, 6.07) is -0.107. The Morgan fingerprint density at radius 2 is 2.14 bits per heavy atom. The maximum absolute atomic E-state index is 11.5. The van der Waals surface area contributed by atoms with Crippen LogP contribution in [0.25, 0.3) is 0 Å². The summed E-state index contributed by atoms with van der Waals surface area (Å²) in [6.07, 6.45) is 1.88. The van der Waals surface area contributed by atoms with Crippen molar-refractivity contribution in [2.45, 2.75) is 45.3 Å². The van der Waals surface area contributed by atoms with Crippen molar-refractivity contribution < 1.29 is 9.53 Å². The molecule has 1 aliphatic heterocycles. The first-order valence-corrected chi connectivity index (χ1v) is 4.95. The van der Waals surface area contributed by atoms with E-state index in [1.807, 2.05) is 0 Å². The monoisotopic (exact) mass is 198 g/mol. The van der Waals surface area contributed by atoms with Crippen LogP contribution in [0.3, 0.4) is 0 Å². The highest BCUT2D eigenvalue weighted by molar-refractivity contribution is 6.37. The second-order valence-corrected chi connectivity index (χ2v) is 4.56. The third-order valence-corrected chi connectivity index (χ3v) is 2.03. The van der Waals surface area contributed by atoms with E-state index in [4.69, 9.17) is 10.1 Å². The Morgan fingerprint density at radius 1 is 1.50 bits per heavy atom. The Kier molecular flexibility index (Phi) is 3.26. The van der Waals surface area contributed by atoms with Gasteiger partial charge < -0.3 is 10.1 Å². The van der Waals surface area contributed by atoms with Crippen LogP contribution in [0.15, 0.2) is 0 Å². The Morgan fingerprint density at radius 3 is 2.57 bits per heavy atom. The van der Waals surface area contributed by atoms with Gasteiger partial charge in [-0.3, -0.25) is 5.41 Å². The largest absolute Gasteiger partial charge is 0.455 e. The Hall–Kier alpha value is -0.900. The smallest absolute Gasteiger partial charge is 0.354 e. The molecule has 4 nitrogen and oxygen atoms in total. The third kappa shape index (κ3) is 3.10.